The number of carbonyl (C=O) groups excluding carboxylic acids is 1. The minimum absolute atomic E-state index is 0.108. The van der Waals surface area contributed by atoms with Crippen LogP contribution < -0.4 is 5.32 Å². The topological polar surface area (TPSA) is 103 Å². The number of para-hydroxylation sites is 1. The van der Waals surface area contributed by atoms with Crippen molar-refractivity contribution in [2.75, 3.05) is 5.32 Å². The van der Waals surface area contributed by atoms with Gasteiger partial charge in [0.15, 0.2) is 0 Å². The molecule has 0 aliphatic heterocycles. The van der Waals surface area contributed by atoms with Gasteiger partial charge in [0, 0.05) is 17.1 Å². The van der Waals surface area contributed by atoms with E-state index >= 15 is 0 Å². The van der Waals surface area contributed by atoms with Crippen LogP contribution in [0.1, 0.15) is 16.1 Å². The quantitative estimate of drug-likeness (QED) is 0.560. The van der Waals surface area contributed by atoms with Crippen LogP contribution in [0.5, 0.6) is 0 Å². The molecular weight excluding hydrogens is 320 g/mol. The highest BCUT2D eigenvalue weighted by molar-refractivity contribution is 6.09. The number of rotatable bonds is 4. The lowest BCUT2D eigenvalue weighted by Crippen LogP contribution is -2.13. The third kappa shape index (κ3) is 3.57. The van der Waals surface area contributed by atoms with Gasteiger partial charge in [-0.1, -0.05) is 18.2 Å². The van der Waals surface area contributed by atoms with Gasteiger partial charge in [-0.3, -0.25) is 4.79 Å². The average molecular weight is 332 g/mol. The molecule has 1 amide bonds. The Morgan fingerprint density at radius 1 is 1.12 bits per heavy atom. The maximum absolute atomic E-state index is 12.2. The first-order valence-electron chi connectivity index (χ1n) is 7.32. The number of carboxylic acid groups (broad SMARTS) is 1. The number of carbonyl (C=O) groups is 2. The standard InChI is InChI=1S/C19H12N2O4/c20-11-14(10-16-9-13-3-1-2-4-17(13)25-16)18(22)21-15-7-5-12(6-8-15)19(23)24/h1-10H,(H,21,22)(H,23,24). The number of hydrogen-bond acceptors (Lipinski definition) is 4. The molecule has 2 N–H and O–H groups in total. The van der Waals surface area contributed by atoms with Gasteiger partial charge in [-0.25, -0.2) is 4.79 Å². The van der Waals surface area contributed by atoms with Gasteiger partial charge in [-0.15, -0.1) is 0 Å². The molecule has 0 aliphatic carbocycles. The minimum Gasteiger partial charge on any atom is -0.478 e. The largest absolute Gasteiger partial charge is 0.478 e. The van der Waals surface area contributed by atoms with Crippen LogP contribution >= 0.6 is 0 Å². The molecule has 0 fully saturated rings. The second kappa shape index (κ2) is 6.72. The first kappa shape index (κ1) is 16.0. The summed E-state index contributed by atoms with van der Waals surface area (Å²) in [7, 11) is 0. The Bertz CT molecular complexity index is 991. The minimum atomic E-state index is -1.06. The van der Waals surface area contributed by atoms with Crippen molar-refractivity contribution in [3.63, 3.8) is 0 Å². The molecule has 0 spiro atoms. The fraction of sp³-hybridized carbons (Fsp3) is 0. The zero-order chi connectivity index (χ0) is 17.8. The van der Waals surface area contributed by atoms with Gasteiger partial charge in [0.1, 0.15) is 23.0 Å². The molecule has 0 saturated carbocycles. The highest BCUT2D eigenvalue weighted by atomic mass is 16.4. The van der Waals surface area contributed by atoms with Crippen LogP contribution in [-0.2, 0) is 4.79 Å². The summed E-state index contributed by atoms with van der Waals surface area (Å²) in [5.41, 5.74) is 1.04. The van der Waals surface area contributed by atoms with Crippen molar-refractivity contribution in [2.24, 2.45) is 0 Å². The number of furan rings is 1. The Balaban J connectivity index is 1.81. The van der Waals surface area contributed by atoms with Crippen LogP contribution in [0.2, 0.25) is 0 Å². The Kier molecular flexibility index (Phi) is 4.31. The molecule has 122 valence electrons. The molecule has 3 aromatic rings. The van der Waals surface area contributed by atoms with Crippen LogP contribution in [-0.4, -0.2) is 17.0 Å². The number of benzene rings is 2. The van der Waals surface area contributed by atoms with E-state index in [9.17, 15) is 14.9 Å². The van der Waals surface area contributed by atoms with E-state index in [1.54, 1.807) is 12.1 Å². The van der Waals surface area contributed by atoms with Gasteiger partial charge in [-0.05, 0) is 36.4 Å². The average Bonchev–Trinajstić information content (AvgIpc) is 3.02. The number of anilines is 1. The van der Waals surface area contributed by atoms with Crippen molar-refractivity contribution in [3.8, 4) is 6.07 Å². The zero-order valence-corrected chi connectivity index (χ0v) is 12.9. The first-order chi connectivity index (χ1) is 12.1. The summed E-state index contributed by atoms with van der Waals surface area (Å²) in [6.07, 6.45) is 1.36. The SMILES string of the molecule is N#CC(=Cc1cc2ccccc2o1)C(=O)Nc1ccc(C(=O)O)cc1. The zero-order valence-electron chi connectivity index (χ0n) is 12.9. The van der Waals surface area contributed by atoms with E-state index in [0.717, 1.165) is 5.39 Å². The van der Waals surface area contributed by atoms with E-state index in [1.807, 2.05) is 24.3 Å². The number of carboxylic acids is 1. The Labute approximate surface area is 142 Å². The summed E-state index contributed by atoms with van der Waals surface area (Å²) in [6.45, 7) is 0. The number of aromatic carboxylic acids is 1. The summed E-state index contributed by atoms with van der Waals surface area (Å²) in [4.78, 5) is 23.0. The molecule has 6 heteroatoms. The van der Waals surface area contributed by atoms with E-state index in [-0.39, 0.29) is 11.1 Å². The molecule has 25 heavy (non-hydrogen) atoms. The van der Waals surface area contributed by atoms with Crippen LogP contribution in [0.3, 0.4) is 0 Å². The van der Waals surface area contributed by atoms with Gasteiger partial charge in [-0.2, -0.15) is 5.26 Å². The van der Waals surface area contributed by atoms with E-state index in [4.69, 9.17) is 9.52 Å². The molecule has 0 unspecified atom stereocenters. The summed E-state index contributed by atoms with van der Waals surface area (Å²) in [5, 5.41) is 21.5. The normalized spacial score (nSPS) is 11.1. The number of nitrogens with one attached hydrogen (secondary N) is 1. The van der Waals surface area contributed by atoms with Gasteiger partial charge in [0.05, 0.1) is 5.56 Å². The maximum Gasteiger partial charge on any atom is 0.335 e. The van der Waals surface area contributed by atoms with Gasteiger partial charge in [0.2, 0.25) is 0 Å². The molecule has 0 bridgehead atoms. The molecule has 1 aromatic heterocycles. The molecule has 2 aromatic carbocycles. The van der Waals surface area contributed by atoms with Crippen LogP contribution in [0.15, 0.2) is 64.6 Å². The number of fused-ring (bicyclic) bond motifs is 1. The van der Waals surface area contributed by atoms with Crippen molar-refractivity contribution >= 4 is 34.6 Å². The molecule has 3 rings (SSSR count). The third-order valence-corrected chi connectivity index (χ3v) is 3.49. The van der Waals surface area contributed by atoms with E-state index in [1.165, 1.54) is 30.3 Å². The predicted octanol–water partition coefficient (Wildman–Crippen LogP) is 3.68. The van der Waals surface area contributed by atoms with Crippen molar-refractivity contribution in [1.29, 1.82) is 5.26 Å². The number of amides is 1. The summed E-state index contributed by atoms with van der Waals surface area (Å²) in [6, 6.07) is 16.6. The second-order valence-corrected chi connectivity index (χ2v) is 5.19. The van der Waals surface area contributed by atoms with Gasteiger partial charge >= 0.3 is 5.97 Å². The highest BCUT2D eigenvalue weighted by Gasteiger charge is 2.12. The second-order valence-electron chi connectivity index (χ2n) is 5.19. The van der Waals surface area contributed by atoms with Crippen LogP contribution in [0.25, 0.3) is 17.0 Å². The Hall–Kier alpha value is -3.85. The Morgan fingerprint density at radius 2 is 1.84 bits per heavy atom. The lowest BCUT2D eigenvalue weighted by Gasteiger charge is -2.04. The van der Waals surface area contributed by atoms with Crippen molar-refractivity contribution in [2.45, 2.75) is 0 Å². The fourth-order valence-electron chi connectivity index (χ4n) is 2.26. The smallest absolute Gasteiger partial charge is 0.335 e. The maximum atomic E-state index is 12.2. The van der Waals surface area contributed by atoms with Crippen molar-refractivity contribution in [1.82, 2.24) is 0 Å². The lowest BCUT2D eigenvalue weighted by atomic mass is 10.2. The molecule has 6 nitrogen and oxygen atoms in total. The summed E-state index contributed by atoms with van der Waals surface area (Å²) in [5.74, 6) is -1.26. The Morgan fingerprint density at radius 3 is 2.48 bits per heavy atom. The van der Waals surface area contributed by atoms with Crippen LogP contribution in [0, 0.1) is 11.3 Å². The summed E-state index contributed by atoms with van der Waals surface area (Å²) >= 11 is 0. The van der Waals surface area contributed by atoms with Crippen LogP contribution in [0.4, 0.5) is 5.69 Å². The number of nitrogens with zero attached hydrogens (tertiary/aromatic N) is 1. The first-order valence-corrected chi connectivity index (χ1v) is 7.32. The molecular formula is C19H12N2O4. The van der Waals surface area contributed by atoms with E-state index < -0.39 is 11.9 Å². The van der Waals surface area contributed by atoms with Gasteiger partial charge in [0.25, 0.3) is 5.91 Å². The fourth-order valence-corrected chi connectivity index (χ4v) is 2.26. The molecule has 0 aliphatic rings. The van der Waals surface area contributed by atoms with Crippen molar-refractivity contribution < 1.29 is 19.1 Å². The van der Waals surface area contributed by atoms with Gasteiger partial charge < -0.3 is 14.8 Å². The predicted molar refractivity (Wildman–Crippen MR) is 91.8 cm³/mol. The summed E-state index contributed by atoms with van der Waals surface area (Å²) < 4.78 is 5.57. The third-order valence-electron chi connectivity index (χ3n) is 3.49. The number of nitriles is 1. The van der Waals surface area contributed by atoms with E-state index in [2.05, 4.69) is 5.32 Å². The highest BCUT2D eigenvalue weighted by Crippen LogP contribution is 2.21. The van der Waals surface area contributed by atoms with Crippen molar-refractivity contribution in [3.05, 3.63) is 71.5 Å². The lowest BCUT2D eigenvalue weighted by molar-refractivity contribution is -0.112. The molecule has 0 atom stereocenters. The number of hydrogen-bond donors (Lipinski definition) is 2. The molecule has 0 radical (unpaired) electrons. The molecule has 0 saturated heterocycles. The molecule has 1 heterocycles. The van der Waals surface area contributed by atoms with E-state index in [0.29, 0.717) is 17.0 Å². The monoisotopic (exact) mass is 332 g/mol.